The van der Waals surface area contributed by atoms with E-state index >= 15 is 0 Å². The summed E-state index contributed by atoms with van der Waals surface area (Å²) in [6.07, 6.45) is 0.142. The zero-order valence-electron chi connectivity index (χ0n) is 13.2. The van der Waals surface area contributed by atoms with Crippen LogP contribution in [0, 0.1) is 0 Å². The number of benzene rings is 2. The highest BCUT2D eigenvalue weighted by Crippen LogP contribution is 2.19. The number of rotatable bonds is 4. The van der Waals surface area contributed by atoms with E-state index in [2.05, 4.69) is 18.7 Å². The van der Waals surface area contributed by atoms with Crippen LogP contribution in [0.1, 0.15) is 6.92 Å². The van der Waals surface area contributed by atoms with Crippen LogP contribution in [0.2, 0.25) is 0 Å². The largest absolute Gasteiger partial charge is 0.459 e. The number of hydrogen-bond acceptors (Lipinski definition) is 4. The number of esters is 1. The zero-order chi connectivity index (χ0) is 16.7. The first-order valence-corrected chi connectivity index (χ1v) is 7.41. The average molecular weight is 311 g/mol. The maximum Gasteiger partial charge on any atom is 0.333 e. The van der Waals surface area contributed by atoms with Crippen molar-refractivity contribution in [3.63, 3.8) is 0 Å². The summed E-state index contributed by atoms with van der Waals surface area (Å²) in [5, 5.41) is 0. The summed E-state index contributed by atoms with van der Waals surface area (Å²) < 4.78 is 9.60. The van der Waals surface area contributed by atoms with Crippen molar-refractivity contribution >= 4 is 11.7 Å². The Labute approximate surface area is 136 Å². The number of epoxide rings is 1. The molecule has 1 aliphatic rings. The van der Waals surface area contributed by atoms with Crippen LogP contribution in [0.3, 0.4) is 0 Å². The van der Waals surface area contributed by atoms with Crippen molar-refractivity contribution in [1.82, 2.24) is 0 Å². The number of nitrogens with two attached hydrogens (primary N) is 1. The summed E-state index contributed by atoms with van der Waals surface area (Å²) in [4.78, 5) is 10.7. The van der Waals surface area contributed by atoms with Gasteiger partial charge in [0.05, 0.1) is 6.61 Å². The molecule has 1 fully saturated rings. The number of hydrogen-bond donors (Lipinski definition) is 1. The lowest BCUT2D eigenvalue weighted by Crippen LogP contribution is -2.09. The molecule has 1 saturated heterocycles. The molecule has 120 valence electrons. The van der Waals surface area contributed by atoms with Gasteiger partial charge in [-0.25, -0.2) is 4.79 Å². The van der Waals surface area contributed by atoms with Gasteiger partial charge in [0.1, 0.15) is 12.7 Å². The van der Waals surface area contributed by atoms with Crippen LogP contribution in [0.15, 0.2) is 66.7 Å². The van der Waals surface area contributed by atoms with Crippen LogP contribution >= 0.6 is 0 Å². The molecule has 0 spiro atoms. The molecular weight excluding hydrogens is 290 g/mol. The molecule has 1 atom stereocenters. The predicted molar refractivity (Wildman–Crippen MR) is 91.8 cm³/mol. The molecule has 0 saturated carbocycles. The fraction of sp³-hybridized carbons (Fsp3) is 0.211. The molecule has 1 heterocycles. The van der Waals surface area contributed by atoms with Gasteiger partial charge in [0, 0.05) is 11.3 Å². The van der Waals surface area contributed by atoms with Gasteiger partial charge in [0.25, 0.3) is 0 Å². The first-order valence-electron chi connectivity index (χ1n) is 7.41. The monoisotopic (exact) mass is 311 g/mol. The molecule has 0 aliphatic carbocycles. The van der Waals surface area contributed by atoms with Crippen LogP contribution in [-0.4, -0.2) is 25.3 Å². The molecule has 2 N–H and O–H groups in total. The van der Waals surface area contributed by atoms with E-state index in [0.29, 0.717) is 18.8 Å². The molecule has 0 aromatic heterocycles. The summed E-state index contributed by atoms with van der Waals surface area (Å²) in [5.74, 6) is -0.337. The second-order valence-corrected chi connectivity index (χ2v) is 5.32. The third-order valence-electron chi connectivity index (χ3n) is 3.17. The van der Waals surface area contributed by atoms with Crippen LogP contribution < -0.4 is 5.73 Å². The van der Waals surface area contributed by atoms with Crippen molar-refractivity contribution in [3.8, 4) is 11.1 Å². The predicted octanol–water partition coefficient (Wildman–Crippen LogP) is 3.44. The smallest absolute Gasteiger partial charge is 0.333 e. The van der Waals surface area contributed by atoms with E-state index < -0.39 is 0 Å². The van der Waals surface area contributed by atoms with Crippen LogP contribution in [0.25, 0.3) is 11.1 Å². The Hall–Kier alpha value is -2.59. The fourth-order valence-corrected chi connectivity index (χ4v) is 1.76. The van der Waals surface area contributed by atoms with E-state index in [9.17, 15) is 4.79 Å². The third kappa shape index (κ3) is 5.96. The molecule has 1 aliphatic heterocycles. The van der Waals surface area contributed by atoms with E-state index in [1.807, 2.05) is 42.5 Å². The molecule has 23 heavy (non-hydrogen) atoms. The zero-order valence-corrected chi connectivity index (χ0v) is 13.2. The standard InChI is InChI=1S/C12H11N.C7H10O3/c13-12-8-6-11(7-9-12)10-4-2-1-3-5-10;1-5(2)7(8)10-4-6-3-9-6/h1-9H,13H2;6H,1,3-4H2,2H3. The third-order valence-corrected chi connectivity index (χ3v) is 3.17. The molecule has 2 aromatic rings. The Bertz CT molecular complexity index is 646. The van der Waals surface area contributed by atoms with Crippen molar-refractivity contribution in [2.75, 3.05) is 18.9 Å². The Morgan fingerprint density at radius 2 is 1.74 bits per heavy atom. The first-order chi connectivity index (χ1) is 11.1. The number of anilines is 1. The highest BCUT2D eigenvalue weighted by atomic mass is 16.6. The molecule has 1 unspecified atom stereocenters. The van der Waals surface area contributed by atoms with Crippen molar-refractivity contribution < 1.29 is 14.3 Å². The molecule has 2 aromatic carbocycles. The number of nitrogen functional groups attached to an aromatic ring is 1. The maximum atomic E-state index is 10.7. The Kier molecular flexibility index (Phi) is 5.94. The summed E-state index contributed by atoms with van der Waals surface area (Å²) in [6.45, 7) is 6.14. The summed E-state index contributed by atoms with van der Waals surface area (Å²) in [5.41, 5.74) is 9.27. The van der Waals surface area contributed by atoms with Crippen molar-refractivity contribution in [3.05, 3.63) is 66.7 Å². The van der Waals surface area contributed by atoms with Gasteiger partial charge in [-0.2, -0.15) is 0 Å². The maximum absolute atomic E-state index is 10.7. The van der Waals surface area contributed by atoms with Crippen molar-refractivity contribution in [1.29, 1.82) is 0 Å². The Balaban J connectivity index is 0.000000174. The minimum atomic E-state index is -0.337. The average Bonchev–Trinajstić information content (AvgIpc) is 3.39. The quantitative estimate of drug-likeness (QED) is 0.406. The molecule has 3 rings (SSSR count). The van der Waals surface area contributed by atoms with E-state index in [-0.39, 0.29) is 12.1 Å². The Morgan fingerprint density at radius 1 is 1.17 bits per heavy atom. The number of carbonyl (C=O) groups is 1. The fourth-order valence-electron chi connectivity index (χ4n) is 1.76. The second-order valence-electron chi connectivity index (χ2n) is 5.32. The Morgan fingerprint density at radius 3 is 2.26 bits per heavy atom. The molecule has 0 radical (unpaired) electrons. The van der Waals surface area contributed by atoms with Crippen LogP contribution in [0.4, 0.5) is 5.69 Å². The van der Waals surface area contributed by atoms with Gasteiger partial charge >= 0.3 is 5.97 Å². The van der Waals surface area contributed by atoms with Gasteiger partial charge in [-0.3, -0.25) is 0 Å². The van der Waals surface area contributed by atoms with Crippen LogP contribution in [-0.2, 0) is 14.3 Å². The molecule has 0 bridgehead atoms. The minimum Gasteiger partial charge on any atom is -0.459 e. The highest BCUT2D eigenvalue weighted by Gasteiger charge is 2.24. The molecule has 4 nitrogen and oxygen atoms in total. The van der Waals surface area contributed by atoms with Gasteiger partial charge in [-0.05, 0) is 30.2 Å². The van der Waals surface area contributed by atoms with Crippen LogP contribution in [0.5, 0.6) is 0 Å². The summed E-state index contributed by atoms with van der Waals surface area (Å²) >= 11 is 0. The van der Waals surface area contributed by atoms with E-state index in [0.717, 1.165) is 5.69 Å². The molecular formula is C19H21NO3. The second kappa shape index (κ2) is 8.15. The summed E-state index contributed by atoms with van der Waals surface area (Å²) in [7, 11) is 0. The SMILES string of the molecule is C=C(C)C(=O)OCC1CO1.Nc1ccc(-c2ccccc2)cc1. The van der Waals surface area contributed by atoms with Gasteiger partial charge in [-0.1, -0.05) is 49.0 Å². The summed E-state index contributed by atoms with van der Waals surface area (Å²) in [6, 6.07) is 18.2. The van der Waals surface area contributed by atoms with Crippen molar-refractivity contribution in [2.24, 2.45) is 0 Å². The van der Waals surface area contributed by atoms with E-state index in [1.165, 1.54) is 11.1 Å². The van der Waals surface area contributed by atoms with Gasteiger partial charge in [-0.15, -0.1) is 0 Å². The van der Waals surface area contributed by atoms with Gasteiger partial charge < -0.3 is 15.2 Å². The lowest BCUT2D eigenvalue weighted by atomic mass is 10.1. The van der Waals surface area contributed by atoms with E-state index in [4.69, 9.17) is 15.2 Å². The lowest BCUT2D eigenvalue weighted by molar-refractivity contribution is -0.139. The topological polar surface area (TPSA) is 64.8 Å². The first kappa shape index (κ1) is 16.8. The molecule has 4 heteroatoms. The van der Waals surface area contributed by atoms with E-state index in [1.54, 1.807) is 6.92 Å². The molecule has 0 amide bonds. The minimum absolute atomic E-state index is 0.142. The normalized spacial score (nSPS) is 15.1. The highest BCUT2D eigenvalue weighted by molar-refractivity contribution is 5.86. The van der Waals surface area contributed by atoms with Crippen molar-refractivity contribution in [2.45, 2.75) is 13.0 Å². The van der Waals surface area contributed by atoms with Gasteiger partial charge in [0.2, 0.25) is 0 Å². The van der Waals surface area contributed by atoms with Gasteiger partial charge in [0.15, 0.2) is 0 Å². The lowest BCUT2D eigenvalue weighted by Gasteiger charge is -2.00. The number of carbonyl (C=O) groups excluding carboxylic acids is 1. The number of ether oxygens (including phenoxy) is 2.